The van der Waals surface area contributed by atoms with Crippen LogP contribution in [0.1, 0.15) is 34.6 Å². The number of guanidine groups is 1. The number of halogens is 1. The quantitative estimate of drug-likeness (QED) is 0.783. The summed E-state index contributed by atoms with van der Waals surface area (Å²) in [5.41, 5.74) is 0.566. The first-order valence-electron chi connectivity index (χ1n) is 5.73. The molecule has 0 aromatic heterocycles. The topological polar surface area (TPSA) is 27.6 Å². The molecular weight excluding hydrogens is 313 g/mol. The summed E-state index contributed by atoms with van der Waals surface area (Å²) in [6, 6.07) is 0. The Bertz CT molecular complexity index is 253. The van der Waals surface area contributed by atoms with E-state index in [1.165, 1.54) is 0 Å². The maximum Gasteiger partial charge on any atom is 0.193 e. The van der Waals surface area contributed by atoms with Crippen LogP contribution in [-0.4, -0.2) is 37.5 Å². The van der Waals surface area contributed by atoms with Gasteiger partial charge in [-0.25, -0.2) is 0 Å². The van der Waals surface area contributed by atoms with Crippen molar-refractivity contribution in [2.24, 2.45) is 15.8 Å². The molecule has 0 radical (unpaired) electrons. The molecule has 0 bridgehead atoms. The number of hydrogen-bond donors (Lipinski definition) is 1. The normalized spacial score (nSPS) is 16.9. The second-order valence-corrected chi connectivity index (χ2v) is 6.11. The van der Waals surface area contributed by atoms with Crippen molar-refractivity contribution in [2.75, 3.05) is 26.7 Å². The van der Waals surface area contributed by atoms with E-state index in [4.69, 9.17) is 0 Å². The van der Waals surface area contributed by atoms with Crippen LogP contribution in [0, 0.1) is 10.8 Å². The molecule has 16 heavy (non-hydrogen) atoms. The fourth-order valence-electron chi connectivity index (χ4n) is 1.29. The average molecular weight is 339 g/mol. The van der Waals surface area contributed by atoms with Crippen LogP contribution < -0.4 is 5.32 Å². The Labute approximate surface area is 117 Å². The predicted octanol–water partition coefficient (Wildman–Crippen LogP) is 2.57. The van der Waals surface area contributed by atoms with Gasteiger partial charge in [-0.2, -0.15) is 0 Å². The van der Waals surface area contributed by atoms with Crippen molar-refractivity contribution in [1.29, 1.82) is 0 Å². The molecule has 0 spiro atoms. The van der Waals surface area contributed by atoms with Crippen molar-refractivity contribution < 1.29 is 0 Å². The standard InChI is InChI=1S/C12H25N3.HI/c1-11(2,3)12(4,5)9-14-10-13-7-8-15(10)6;/h7-9H2,1-6H3,(H,13,14);1H. The number of nitrogens with one attached hydrogen (secondary N) is 1. The number of likely N-dealkylation sites (N-methyl/N-ethyl adjacent to an activating group) is 1. The van der Waals surface area contributed by atoms with Crippen molar-refractivity contribution in [3.05, 3.63) is 0 Å². The molecule has 0 saturated heterocycles. The molecule has 96 valence electrons. The van der Waals surface area contributed by atoms with E-state index >= 15 is 0 Å². The largest absolute Gasteiger partial charge is 0.356 e. The van der Waals surface area contributed by atoms with Crippen LogP contribution in [0.4, 0.5) is 0 Å². The maximum absolute atomic E-state index is 4.43. The highest BCUT2D eigenvalue weighted by Gasteiger charge is 2.33. The summed E-state index contributed by atoms with van der Waals surface area (Å²) in [4.78, 5) is 6.61. The molecule has 0 aromatic rings. The third kappa shape index (κ3) is 3.79. The van der Waals surface area contributed by atoms with Gasteiger partial charge in [0.05, 0.1) is 6.54 Å². The van der Waals surface area contributed by atoms with Gasteiger partial charge in [-0.1, -0.05) is 34.6 Å². The Hall–Kier alpha value is 0. The van der Waals surface area contributed by atoms with Gasteiger partial charge in [-0.3, -0.25) is 4.99 Å². The van der Waals surface area contributed by atoms with Gasteiger partial charge in [0.2, 0.25) is 0 Å². The smallest absolute Gasteiger partial charge is 0.193 e. The van der Waals surface area contributed by atoms with Crippen LogP contribution in [-0.2, 0) is 0 Å². The Morgan fingerprint density at radius 3 is 2.19 bits per heavy atom. The molecule has 0 aromatic carbocycles. The molecule has 0 unspecified atom stereocenters. The second-order valence-electron chi connectivity index (χ2n) is 6.11. The van der Waals surface area contributed by atoms with Crippen LogP contribution in [0.2, 0.25) is 0 Å². The number of rotatable bonds is 2. The first-order chi connectivity index (χ1) is 6.74. The van der Waals surface area contributed by atoms with E-state index in [2.05, 4.69) is 56.9 Å². The van der Waals surface area contributed by atoms with E-state index in [1.54, 1.807) is 0 Å². The summed E-state index contributed by atoms with van der Waals surface area (Å²) < 4.78 is 0. The fourth-order valence-corrected chi connectivity index (χ4v) is 1.29. The molecule has 0 atom stereocenters. The van der Waals surface area contributed by atoms with Gasteiger partial charge in [0.1, 0.15) is 0 Å². The molecule has 3 nitrogen and oxygen atoms in total. The van der Waals surface area contributed by atoms with Gasteiger partial charge in [-0.15, -0.1) is 24.0 Å². The number of nitrogens with zero attached hydrogens (tertiary/aromatic N) is 2. The van der Waals surface area contributed by atoms with Gasteiger partial charge in [0.15, 0.2) is 5.96 Å². The summed E-state index contributed by atoms with van der Waals surface area (Å²) >= 11 is 0. The SMILES string of the molecule is CN1CCN=C1NCC(C)(C)C(C)(C)C.I. The summed E-state index contributed by atoms with van der Waals surface area (Å²) in [6.07, 6.45) is 0. The highest BCUT2D eigenvalue weighted by molar-refractivity contribution is 14.0. The summed E-state index contributed by atoms with van der Waals surface area (Å²) in [7, 11) is 2.09. The lowest BCUT2D eigenvalue weighted by atomic mass is 9.69. The maximum atomic E-state index is 4.43. The summed E-state index contributed by atoms with van der Waals surface area (Å²) in [5, 5.41) is 3.45. The van der Waals surface area contributed by atoms with Gasteiger partial charge < -0.3 is 10.2 Å². The van der Waals surface area contributed by atoms with Gasteiger partial charge in [-0.05, 0) is 10.8 Å². The average Bonchev–Trinajstić information content (AvgIpc) is 2.46. The molecular formula is C12H26IN3. The predicted molar refractivity (Wildman–Crippen MR) is 81.6 cm³/mol. The van der Waals surface area contributed by atoms with Crippen molar-refractivity contribution in [1.82, 2.24) is 10.2 Å². The lowest BCUT2D eigenvalue weighted by Crippen LogP contribution is -2.45. The number of aliphatic imine (C=N–C) groups is 1. The van der Waals surface area contributed by atoms with Gasteiger partial charge in [0, 0.05) is 20.1 Å². The van der Waals surface area contributed by atoms with E-state index in [-0.39, 0.29) is 29.4 Å². The van der Waals surface area contributed by atoms with E-state index < -0.39 is 0 Å². The van der Waals surface area contributed by atoms with Crippen LogP contribution in [0.25, 0.3) is 0 Å². The molecule has 1 N–H and O–H groups in total. The molecule has 0 aliphatic carbocycles. The van der Waals surface area contributed by atoms with Crippen molar-refractivity contribution >= 4 is 29.9 Å². The molecule has 1 rings (SSSR count). The lowest BCUT2D eigenvalue weighted by molar-refractivity contribution is 0.135. The van der Waals surface area contributed by atoms with Crippen LogP contribution in [0.15, 0.2) is 4.99 Å². The molecule has 0 saturated carbocycles. The number of hydrogen-bond acceptors (Lipinski definition) is 3. The Morgan fingerprint density at radius 2 is 1.81 bits per heavy atom. The van der Waals surface area contributed by atoms with E-state index in [1.807, 2.05) is 0 Å². The van der Waals surface area contributed by atoms with Gasteiger partial charge in [0.25, 0.3) is 0 Å². The zero-order valence-electron chi connectivity index (χ0n) is 11.4. The fraction of sp³-hybridized carbons (Fsp3) is 0.917. The van der Waals surface area contributed by atoms with Crippen LogP contribution in [0.5, 0.6) is 0 Å². The minimum absolute atomic E-state index is 0. The van der Waals surface area contributed by atoms with E-state index in [9.17, 15) is 0 Å². The lowest BCUT2D eigenvalue weighted by Gasteiger charge is -2.39. The molecule has 1 aliphatic rings. The van der Waals surface area contributed by atoms with Gasteiger partial charge >= 0.3 is 0 Å². The summed E-state index contributed by atoms with van der Waals surface area (Å²) in [6.45, 7) is 14.4. The molecule has 1 heterocycles. The second kappa shape index (κ2) is 5.56. The molecule has 0 fully saturated rings. The minimum Gasteiger partial charge on any atom is -0.356 e. The molecule has 1 aliphatic heterocycles. The van der Waals surface area contributed by atoms with E-state index in [0.29, 0.717) is 5.41 Å². The zero-order chi connectivity index (χ0) is 11.7. The Balaban J connectivity index is 0.00000225. The Morgan fingerprint density at radius 1 is 1.25 bits per heavy atom. The zero-order valence-corrected chi connectivity index (χ0v) is 13.8. The summed E-state index contributed by atoms with van der Waals surface area (Å²) in [5.74, 6) is 1.05. The highest BCUT2D eigenvalue weighted by atomic mass is 127. The van der Waals surface area contributed by atoms with Crippen molar-refractivity contribution in [3.63, 3.8) is 0 Å². The molecule has 0 amide bonds. The van der Waals surface area contributed by atoms with E-state index in [0.717, 1.165) is 25.6 Å². The third-order valence-electron chi connectivity index (χ3n) is 3.78. The van der Waals surface area contributed by atoms with Crippen molar-refractivity contribution in [3.8, 4) is 0 Å². The monoisotopic (exact) mass is 339 g/mol. The molecule has 4 heteroatoms. The van der Waals surface area contributed by atoms with Crippen molar-refractivity contribution in [2.45, 2.75) is 34.6 Å². The first-order valence-corrected chi connectivity index (χ1v) is 5.73. The minimum atomic E-state index is 0. The third-order valence-corrected chi connectivity index (χ3v) is 3.78. The highest BCUT2D eigenvalue weighted by Crippen LogP contribution is 2.36. The Kier molecular flexibility index (Phi) is 5.56. The van der Waals surface area contributed by atoms with Crippen LogP contribution >= 0.6 is 24.0 Å². The van der Waals surface area contributed by atoms with Crippen LogP contribution in [0.3, 0.4) is 0 Å². The first kappa shape index (κ1) is 16.0.